The molecule has 2 heterocycles. The molecule has 0 fully saturated rings. The molecule has 0 amide bonds. The maximum Gasteiger partial charge on any atom is 0.209 e. The molecule has 0 bridgehead atoms. The van der Waals surface area contributed by atoms with Crippen LogP contribution in [0.15, 0.2) is 61.1 Å². The lowest BCUT2D eigenvalue weighted by Crippen LogP contribution is -2.27. The van der Waals surface area contributed by atoms with Crippen molar-refractivity contribution in [3.8, 4) is 0 Å². The van der Waals surface area contributed by atoms with Crippen LogP contribution in [0.1, 0.15) is 33.3 Å². The van der Waals surface area contributed by atoms with E-state index in [4.69, 9.17) is 11.6 Å². The fourth-order valence-electron chi connectivity index (χ4n) is 2.59. The number of halogens is 1. The molecule has 1 unspecified atom stereocenters. The summed E-state index contributed by atoms with van der Waals surface area (Å²) < 4.78 is 3.57. The molecule has 0 spiro atoms. The van der Waals surface area contributed by atoms with Crippen LogP contribution in [0, 0.1) is 0 Å². The Balaban J connectivity index is 1.90. The molecule has 3 aromatic rings. The molecule has 0 radical (unpaired) electrons. The van der Waals surface area contributed by atoms with Crippen molar-refractivity contribution >= 4 is 17.4 Å². The molecule has 1 aromatic carbocycles. The average Bonchev–Trinajstić information content (AvgIpc) is 2.97. The second-order valence-electron chi connectivity index (χ2n) is 5.78. The molecule has 122 valence electrons. The van der Waals surface area contributed by atoms with Gasteiger partial charge in [-0.15, -0.1) is 0 Å². The van der Waals surface area contributed by atoms with E-state index in [1.165, 1.54) is 0 Å². The van der Waals surface area contributed by atoms with Crippen LogP contribution in [-0.4, -0.2) is 10.4 Å². The second-order valence-corrected chi connectivity index (χ2v) is 6.22. The van der Waals surface area contributed by atoms with Crippen LogP contribution in [0.4, 0.5) is 0 Å². The number of hydrogen-bond donors (Lipinski definition) is 0. The maximum absolute atomic E-state index is 12.7. The Hall–Kier alpha value is -2.43. The highest BCUT2D eigenvalue weighted by molar-refractivity contribution is 6.30. The van der Waals surface area contributed by atoms with Gasteiger partial charge in [-0.1, -0.05) is 17.7 Å². The van der Waals surface area contributed by atoms with Gasteiger partial charge < -0.3 is 9.67 Å². The van der Waals surface area contributed by atoms with Crippen molar-refractivity contribution in [1.82, 2.24) is 4.57 Å². The van der Waals surface area contributed by atoms with Gasteiger partial charge in [0.05, 0.1) is 5.69 Å². The summed E-state index contributed by atoms with van der Waals surface area (Å²) in [6.07, 6.45) is 4.36. The second kappa shape index (κ2) is 6.59. The highest BCUT2D eigenvalue weighted by Gasteiger charge is 2.15. The van der Waals surface area contributed by atoms with Gasteiger partial charge in [-0.3, -0.25) is 4.79 Å². The third-order valence-electron chi connectivity index (χ3n) is 3.97. The van der Waals surface area contributed by atoms with E-state index >= 15 is 0 Å². The van der Waals surface area contributed by atoms with Crippen LogP contribution in [0.25, 0.3) is 0 Å². The summed E-state index contributed by atoms with van der Waals surface area (Å²) in [5.74, 6) is -0.132. The van der Waals surface area contributed by atoms with Crippen molar-refractivity contribution < 1.29 is 14.5 Å². The molecule has 5 heteroatoms. The highest BCUT2D eigenvalue weighted by atomic mass is 35.5. The zero-order valence-corrected chi connectivity index (χ0v) is 14.2. The van der Waals surface area contributed by atoms with Crippen LogP contribution in [-0.2, 0) is 14.1 Å². The number of carbonyl (C=O) groups excluding carboxylic acids is 1. The molecule has 0 aliphatic heterocycles. The first-order valence-electron chi connectivity index (χ1n) is 7.53. The van der Waals surface area contributed by atoms with Gasteiger partial charge >= 0.3 is 0 Å². The smallest absolute Gasteiger partial charge is 0.209 e. The minimum Gasteiger partial charge on any atom is -0.845 e. The summed E-state index contributed by atoms with van der Waals surface area (Å²) in [6.45, 7) is 0. The van der Waals surface area contributed by atoms with E-state index < -0.39 is 6.10 Å². The molecular weight excluding hydrogens is 324 g/mol. The molecule has 4 nitrogen and oxygen atoms in total. The predicted molar refractivity (Wildman–Crippen MR) is 89.8 cm³/mol. The van der Waals surface area contributed by atoms with Gasteiger partial charge in [0, 0.05) is 36.0 Å². The third-order valence-corrected chi connectivity index (χ3v) is 4.23. The van der Waals surface area contributed by atoms with Gasteiger partial charge in [0.15, 0.2) is 12.4 Å². The Morgan fingerprint density at radius 1 is 1.12 bits per heavy atom. The Labute approximate surface area is 145 Å². The lowest BCUT2D eigenvalue weighted by Gasteiger charge is -2.20. The number of pyridine rings is 1. The van der Waals surface area contributed by atoms with E-state index in [1.807, 2.05) is 24.0 Å². The quantitative estimate of drug-likeness (QED) is 0.540. The van der Waals surface area contributed by atoms with Crippen LogP contribution in [0.5, 0.6) is 0 Å². The number of carbonyl (C=O) groups is 1. The van der Waals surface area contributed by atoms with Crippen molar-refractivity contribution in [3.63, 3.8) is 0 Å². The molecular formula is C19H17ClN2O2. The topological polar surface area (TPSA) is 48.9 Å². The van der Waals surface area contributed by atoms with Crippen LogP contribution in [0.2, 0.25) is 5.02 Å². The minimum atomic E-state index is -1.02. The number of benzene rings is 1. The van der Waals surface area contributed by atoms with E-state index in [0.29, 0.717) is 27.4 Å². The molecule has 0 aliphatic carbocycles. The van der Waals surface area contributed by atoms with Crippen LogP contribution >= 0.6 is 11.6 Å². The Kier molecular flexibility index (Phi) is 4.51. The van der Waals surface area contributed by atoms with Crippen molar-refractivity contribution in [3.05, 3.63) is 88.5 Å². The van der Waals surface area contributed by atoms with Gasteiger partial charge in [0.2, 0.25) is 5.78 Å². The summed E-state index contributed by atoms with van der Waals surface area (Å²) in [5, 5.41) is 13.2. The van der Waals surface area contributed by atoms with E-state index in [-0.39, 0.29) is 5.78 Å². The number of rotatable bonds is 4. The summed E-state index contributed by atoms with van der Waals surface area (Å²) in [7, 11) is 3.67. The highest BCUT2D eigenvalue weighted by Crippen LogP contribution is 2.22. The maximum atomic E-state index is 12.7. The molecule has 0 aliphatic rings. The number of ketones is 1. The van der Waals surface area contributed by atoms with E-state index in [0.717, 1.165) is 0 Å². The summed E-state index contributed by atoms with van der Waals surface area (Å²) in [6, 6.07) is 12.0. The monoisotopic (exact) mass is 340 g/mol. The molecule has 1 atom stereocenters. The summed E-state index contributed by atoms with van der Waals surface area (Å²) in [5.41, 5.74) is 2.27. The number of hydrogen-bond acceptors (Lipinski definition) is 2. The lowest BCUT2D eigenvalue weighted by atomic mass is 10.0. The number of aromatic nitrogens is 2. The molecule has 0 saturated carbocycles. The van der Waals surface area contributed by atoms with Gasteiger partial charge in [0.25, 0.3) is 0 Å². The SMILES string of the molecule is Cn1cc(C([O-])c2cc[n+](C)cc2)cc1C(=O)c1ccc(Cl)cc1. The molecule has 24 heavy (non-hydrogen) atoms. The fourth-order valence-corrected chi connectivity index (χ4v) is 2.71. The first kappa shape index (κ1) is 16.4. The minimum absolute atomic E-state index is 0.132. The summed E-state index contributed by atoms with van der Waals surface area (Å²) >= 11 is 5.86. The lowest BCUT2D eigenvalue weighted by molar-refractivity contribution is -0.671. The van der Waals surface area contributed by atoms with Gasteiger partial charge in [-0.05, 0) is 41.5 Å². The van der Waals surface area contributed by atoms with Gasteiger partial charge in [0.1, 0.15) is 7.05 Å². The molecule has 3 rings (SSSR count). The Morgan fingerprint density at radius 3 is 2.38 bits per heavy atom. The standard InChI is InChI=1S/C19H17ClN2O2/c1-21-9-7-14(8-10-21)18(23)15-11-17(22(2)12-15)19(24)13-3-5-16(20)6-4-13/h3-12,18H,1-2H3. The molecule has 0 N–H and O–H groups in total. The third kappa shape index (κ3) is 3.25. The average molecular weight is 341 g/mol. The van der Waals surface area contributed by atoms with Crippen molar-refractivity contribution in [2.24, 2.45) is 14.1 Å². The van der Waals surface area contributed by atoms with E-state index in [9.17, 15) is 9.90 Å². The van der Waals surface area contributed by atoms with Gasteiger partial charge in [-0.25, -0.2) is 4.57 Å². The zero-order chi connectivity index (χ0) is 17.3. The zero-order valence-electron chi connectivity index (χ0n) is 13.4. The van der Waals surface area contributed by atoms with Gasteiger partial charge in [-0.2, -0.15) is 0 Å². The first-order chi connectivity index (χ1) is 11.5. The summed E-state index contributed by atoms with van der Waals surface area (Å²) in [4.78, 5) is 12.6. The van der Waals surface area contributed by atoms with Crippen molar-refractivity contribution in [1.29, 1.82) is 0 Å². The largest absolute Gasteiger partial charge is 0.845 e. The fraction of sp³-hybridized carbons (Fsp3) is 0.158. The normalized spacial score (nSPS) is 12.2. The Bertz CT molecular complexity index is 867. The van der Waals surface area contributed by atoms with Crippen molar-refractivity contribution in [2.45, 2.75) is 6.10 Å². The first-order valence-corrected chi connectivity index (χ1v) is 7.91. The van der Waals surface area contributed by atoms with Crippen LogP contribution in [0.3, 0.4) is 0 Å². The molecule has 0 saturated heterocycles. The predicted octanol–water partition coefficient (Wildman–Crippen LogP) is 2.18. The van der Waals surface area contributed by atoms with Crippen LogP contribution < -0.4 is 9.67 Å². The van der Waals surface area contributed by atoms with E-state index in [1.54, 1.807) is 60.3 Å². The Morgan fingerprint density at radius 2 is 1.75 bits per heavy atom. The van der Waals surface area contributed by atoms with Crippen molar-refractivity contribution in [2.75, 3.05) is 0 Å². The number of nitrogens with zero attached hydrogens (tertiary/aromatic N) is 2. The number of aryl methyl sites for hydroxylation is 2. The van der Waals surface area contributed by atoms with E-state index in [2.05, 4.69) is 0 Å². The molecule has 2 aromatic heterocycles.